The van der Waals surface area contributed by atoms with Gasteiger partial charge in [-0.15, -0.1) is 0 Å². The van der Waals surface area contributed by atoms with Gasteiger partial charge in [-0.1, -0.05) is 0 Å². The highest BCUT2D eigenvalue weighted by Gasteiger charge is 2.15. The lowest BCUT2D eigenvalue weighted by Crippen LogP contribution is -1.83. The van der Waals surface area contributed by atoms with Crippen LogP contribution in [0.3, 0.4) is 0 Å². The van der Waals surface area contributed by atoms with Crippen LogP contribution in [0.2, 0.25) is 0 Å². The number of benzene rings is 1. The Morgan fingerprint density at radius 1 is 1.40 bits per heavy atom. The van der Waals surface area contributed by atoms with Crippen LogP contribution in [0.4, 0.5) is 10.1 Å². The van der Waals surface area contributed by atoms with Gasteiger partial charge < -0.3 is 0 Å². The summed E-state index contributed by atoms with van der Waals surface area (Å²) in [5.41, 5.74) is 1.78. The summed E-state index contributed by atoms with van der Waals surface area (Å²) in [6.07, 6.45) is 4.49. The van der Waals surface area contributed by atoms with Gasteiger partial charge in [-0.25, -0.2) is 4.39 Å². The number of nitrogens with one attached hydrogen (secondary N) is 1. The van der Waals surface area contributed by atoms with E-state index in [9.17, 15) is 4.39 Å². The second-order valence-electron chi connectivity index (χ2n) is 2.15. The molecule has 0 radical (unpaired) electrons. The normalized spacial score (nSPS) is 12.1. The molecule has 1 N–H and O–H groups in total. The molecule has 1 aromatic rings. The highest BCUT2D eigenvalue weighted by molar-refractivity contribution is 5.72. The van der Waals surface area contributed by atoms with E-state index in [4.69, 9.17) is 0 Å². The number of rotatable bonds is 0. The number of halogens is 1. The summed E-state index contributed by atoms with van der Waals surface area (Å²) in [6, 6.07) is 4.59. The number of anilines is 1. The van der Waals surface area contributed by atoms with Crippen molar-refractivity contribution >= 4 is 11.8 Å². The fourth-order valence-corrected chi connectivity index (χ4v) is 0.958. The van der Waals surface area contributed by atoms with Crippen LogP contribution in [-0.2, 0) is 0 Å². The number of hydrogen-bond acceptors (Lipinski definition) is 1. The second kappa shape index (κ2) is 1.79. The molecule has 2 heteroatoms. The van der Waals surface area contributed by atoms with Crippen LogP contribution in [-0.4, -0.2) is 0 Å². The molecule has 1 aromatic carbocycles. The highest BCUT2D eigenvalue weighted by Crippen LogP contribution is 2.22. The van der Waals surface area contributed by atoms with Crippen molar-refractivity contribution in [3.8, 4) is 0 Å². The fourth-order valence-electron chi connectivity index (χ4n) is 0.958. The Hall–Kier alpha value is -1.40. The molecule has 0 spiro atoms. The Kier molecular flexibility index (Phi) is 0.965. The summed E-state index contributed by atoms with van der Waals surface area (Å²) in [4.78, 5) is 0. The molecule has 1 aliphatic heterocycles. The lowest BCUT2D eigenvalue weighted by atomic mass is 10.2. The number of hydrogen-bond donors (Lipinski definition) is 1. The van der Waals surface area contributed by atoms with Crippen LogP contribution in [0.1, 0.15) is 5.56 Å². The molecule has 0 bridgehead atoms. The van der Waals surface area contributed by atoms with Crippen LogP contribution in [0.15, 0.2) is 18.2 Å². The third kappa shape index (κ3) is 0.668. The topological polar surface area (TPSA) is 12.0 Å². The lowest BCUT2D eigenvalue weighted by Gasteiger charge is -1.86. The maximum absolute atomic E-state index is 12.5. The molecule has 2 rings (SSSR count). The summed E-state index contributed by atoms with van der Waals surface area (Å²) in [7, 11) is 0. The van der Waals surface area contributed by atoms with E-state index in [1.165, 1.54) is 12.1 Å². The van der Waals surface area contributed by atoms with Gasteiger partial charge in [0.05, 0.1) is 6.07 Å². The van der Waals surface area contributed by atoms with E-state index in [-0.39, 0.29) is 5.82 Å². The quantitative estimate of drug-likeness (QED) is 0.535. The molecule has 0 amide bonds. The van der Waals surface area contributed by atoms with Crippen LogP contribution in [0, 0.1) is 12.0 Å². The smallest absolute Gasteiger partial charge is 0.198 e. The van der Waals surface area contributed by atoms with Crippen molar-refractivity contribution in [3.05, 3.63) is 35.8 Å². The van der Waals surface area contributed by atoms with Crippen molar-refractivity contribution < 1.29 is 4.39 Å². The Balaban J connectivity index is 2.60. The Morgan fingerprint density at radius 2 is 2.30 bits per heavy atom. The molecule has 0 atom stereocenters. The van der Waals surface area contributed by atoms with Crippen LogP contribution >= 0.6 is 0 Å². The van der Waals surface area contributed by atoms with Crippen molar-refractivity contribution in [2.24, 2.45) is 0 Å². The summed E-state index contributed by atoms with van der Waals surface area (Å²) >= 11 is 0. The second-order valence-corrected chi connectivity index (χ2v) is 2.15. The van der Waals surface area contributed by atoms with Gasteiger partial charge in [0.15, 0.2) is 11.3 Å². The molecule has 0 saturated carbocycles. The first-order valence-electron chi connectivity index (χ1n) is 3.00. The lowest BCUT2D eigenvalue weighted by molar-refractivity contribution is 0.628. The molecule has 1 aliphatic rings. The van der Waals surface area contributed by atoms with E-state index < -0.39 is 0 Å². The Morgan fingerprint density at radius 3 is 3.20 bits per heavy atom. The van der Waals surface area contributed by atoms with Gasteiger partial charge in [0.2, 0.25) is 0 Å². The Labute approximate surface area is 58.2 Å². The van der Waals surface area contributed by atoms with E-state index in [2.05, 4.69) is 11.5 Å². The molecule has 0 saturated heterocycles. The van der Waals surface area contributed by atoms with Crippen molar-refractivity contribution in [2.75, 3.05) is 5.32 Å². The SMILES string of the molecule is Fc1ccc2c(c1)C=[C+]N2. The van der Waals surface area contributed by atoms with Gasteiger partial charge in [0, 0.05) is 6.07 Å². The van der Waals surface area contributed by atoms with Crippen LogP contribution in [0.25, 0.3) is 6.08 Å². The van der Waals surface area contributed by atoms with E-state index in [0.717, 1.165) is 11.3 Å². The first kappa shape index (κ1) is 5.39. The predicted molar refractivity (Wildman–Crippen MR) is 37.7 cm³/mol. The fraction of sp³-hybridized carbons (Fsp3) is 0. The van der Waals surface area contributed by atoms with Crippen molar-refractivity contribution in [1.29, 1.82) is 0 Å². The van der Waals surface area contributed by atoms with Crippen molar-refractivity contribution in [3.63, 3.8) is 0 Å². The standard InChI is InChI=1S/C8H5FN/c9-7-1-2-8-6(5-7)3-4-10-8/h1-3,5,10H/q+1. The molecule has 1 heterocycles. The van der Waals surface area contributed by atoms with E-state index in [1.807, 2.05) is 0 Å². The van der Waals surface area contributed by atoms with E-state index in [0.29, 0.717) is 0 Å². The monoisotopic (exact) mass is 134 g/mol. The summed E-state index contributed by atoms with van der Waals surface area (Å²) in [5, 5.41) is 2.86. The third-order valence-electron chi connectivity index (χ3n) is 1.45. The van der Waals surface area contributed by atoms with Crippen molar-refractivity contribution in [2.45, 2.75) is 0 Å². The average Bonchev–Trinajstić information content (AvgIpc) is 2.33. The van der Waals surface area contributed by atoms with E-state index >= 15 is 0 Å². The summed E-state index contributed by atoms with van der Waals surface area (Å²) in [5.74, 6) is -0.208. The summed E-state index contributed by atoms with van der Waals surface area (Å²) in [6.45, 7) is 0. The zero-order valence-corrected chi connectivity index (χ0v) is 5.19. The van der Waals surface area contributed by atoms with Gasteiger partial charge in [-0.3, -0.25) is 0 Å². The minimum Gasteiger partial charge on any atom is -0.206 e. The maximum atomic E-state index is 12.5. The van der Waals surface area contributed by atoms with Gasteiger partial charge in [-0.2, -0.15) is 5.32 Å². The number of fused-ring (bicyclic) bond motifs is 1. The van der Waals surface area contributed by atoms with Crippen LogP contribution in [0.5, 0.6) is 0 Å². The molecule has 10 heavy (non-hydrogen) atoms. The van der Waals surface area contributed by atoms with Gasteiger partial charge in [-0.05, 0) is 6.07 Å². The Bertz CT molecular complexity index is 291. The molecule has 1 nitrogen and oxygen atoms in total. The average molecular weight is 134 g/mol. The molecule has 0 fully saturated rings. The predicted octanol–water partition coefficient (Wildman–Crippen LogP) is 2.03. The third-order valence-corrected chi connectivity index (χ3v) is 1.45. The summed E-state index contributed by atoms with van der Waals surface area (Å²) < 4.78 is 12.5. The van der Waals surface area contributed by atoms with Crippen molar-refractivity contribution in [1.82, 2.24) is 0 Å². The molecular weight excluding hydrogens is 129 g/mol. The zero-order valence-electron chi connectivity index (χ0n) is 5.19. The van der Waals surface area contributed by atoms with Crippen LogP contribution < -0.4 is 5.32 Å². The first-order chi connectivity index (χ1) is 4.86. The van der Waals surface area contributed by atoms with Gasteiger partial charge >= 0.3 is 0 Å². The van der Waals surface area contributed by atoms with Gasteiger partial charge in [0.1, 0.15) is 18.1 Å². The zero-order chi connectivity index (χ0) is 6.97. The highest BCUT2D eigenvalue weighted by atomic mass is 19.1. The minimum absolute atomic E-state index is 0.208. The maximum Gasteiger partial charge on any atom is 0.198 e. The molecule has 48 valence electrons. The minimum atomic E-state index is -0.208. The molecule has 0 aliphatic carbocycles. The molecule has 0 unspecified atom stereocenters. The molecular formula is C8H5FN+. The first-order valence-corrected chi connectivity index (χ1v) is 3.00. The molecule has 0 aromatic heterocycles. The largest absolute Gasteiger partial charge is 0.206 e. The van der Waals surface area contributed by atoms with Gasteiger partial charge in [0.25, 0.3) is 0 Å². The van der Waals surface area contributed by atoms with E-state index in [1.54, 1.807) is 12.1 Å².